The maximum Gasteiger partial charge on any atom is 0.165 e. The monoisotopic (exact) mass is 319 g/mol. The van der Waals surface area contributed by atoms with E-state index in [2.05, 4.69) is 40.6 Å². The second-order valence-corrected chi connectivity index (χ2v) is 7.64. The average Bonchev–Trinajstić information content (AvgIpc) is 2.85. The molecule has 7 nitrogen and oxygen atoms in total. The summed E-state index contributed by atoms with van der Waals surface area (Å²) < 4.78 is 1.76. The van der Waals surface area contributed by atoms with Crippen molar-refractivity contribution in [3.05, 3.63) is 12.7 Å². The second kappa shape index (κ2) is 6.05. The number of rotatable bonds is 5. The van der Waals surface area contributed by atoms with Gasteiger partial charge in [-0.25, -0.2) is 15.0 Å². The zero-order valence-corrected chi connectivity index (χ0v) is 14.0. The molecule has 0 unspecified atom stereocenters. The summed E-state index contributed by atoms with van der Waals surface area (Å²) in [6, 6.07) is 0. The Hall–Kier alpha value is -1.73. The minimum Gasteiger partial charge on any atom is -0.394 e. The van der Waals surface area contributed by atoms with Crippen LogP contribution in [0.3, 0.4) is 0 Å². The summed E-state index contributed by atoms with van der Waals surface area (Å²) in [6.07, 6.45) is 3.58. The Morgan fingerprint density at radius 2 is 2.00 bits per heavy atom. The number of fused-ring (bicyclic) bond motifs is 1. The number of anilines is 1. The fourth-order valence-electron chi connectivity index (χ4n) is 3.26. The largest absolute Gasteiger partial charge is 0.394 e. The molecule has 126 valence electrons. The van der Waals surface area contributed by atoms with Crippen LogP contribution in [0.2, 0.25) is 0 Å². The Labute approximate surface area is 136 Å². The van der Waals surface area contributed by atoms with Gasteiger partial charge in [-0.05, 0) is 17.8 Å². The maximum absolute atomic E-state index is 9.62. The summed E-state index contributed by atoms with van der Waals surface area (Å²) in [5, 5.41) is 18.6. The lowest BCUT2D eigenvalue weighted by atomic mass is 9.81. The van der Waals surface area contributed by atoms with Gasteiger partial charge in [0.2, 0.25) is 0 Å². The quantitative estimate of drug-likeness (QED) is 0.856. The summed E-state index contributed by atoms with van der Waals surface area (Å²) in [5.41, 5.74) is 1.80. The molecule has 0 spiro atoms. The van der Waals surface area contributed by atoms with Gasteiger partial charge < -0.3 is 19.7 Å². The SMILES string of the molecule is CC(C)(C)CC1CN(c2ncnc3c2ncn3C[C@H](O)CO)C1. The lowest BCUT2D eigenvalue weighted by Gasteiger charge is -2.42. The standard InChI is InChI=1S/C16H25N5O2/c1-16(2,3)4-11-5-20(6-11)14-13-15(18-9-17-14)21(10-19-13)7-12(23)8-22/h9-12,22-23H,4-8H2,1-3H3/t12-/m0/s1. The lowest BCUT2D eigenvalue weighted by molar-refractivity contribution is 0.0820. The normalized spacial score (nSPS) is 17.5. The highest BCUT2D eigenvalue weighted by atomic mass is 16.3. The molecule has 1 atom stereocenters. The van der Waals surface area contributed by atoms with Gasteiger partial charge in [-0.15, -0.1) is 0 Å². The number of aliphatic hydroxyl groups is 2. The van der Waals surface area contributed by atoms with E-state index >= 15 is 0 Å². The topological polar surface area (TPSA) is 87.3 Å². The fraction of sp³-hybridized carbons (Fsp3) is 0.688. The molecule has 0 aliphatic carbocycles. The van der Waals surface area contributed by atoms with Crippen molar-refractivity contribution in [1.82, 2.24) is 19.5 Å². The van der Waals surface area contributed by atoms with Crippen molar-refractivity contribution in [2.24, 2.45) is 11.3 Å². The number of hydrogen-bond donors (Lipinski definition) is 2. The molecule has 2 N–H and O–H groups in total. The van der Waals surface area contributed by atoms with Crippen molar-refractivity contribution in [3.63, 3.8) is 0 Å². The Morgan fingerprint density at radius 3 is 2.65 bits per heavy atom. The van der Waals surface area contributed by atoms with E-state index in [-0.39, 0.29) is 13.2 Å². The third kappa shape index (κ3) is 3.45. The maximum atomic E-state index is 9.62. The minimum atomic E-state index is -0.814. The van der Waals surface area contributed by atoms with Crippen LogP contribution < -0.4 is 4.90 Å². The van der Waals surface area contributed by atoms with Crippen LogP contribution in [0.5, 0.6) is 0 Å². The van der Waals surface area contributed by atoms with Crippen molar-refractivity contribution in [2.75, 3.05) is 24.6 Å². The number of aromatic nitrogens is 4. The molecule has 1 saturated heterocycles. The molecule has 7 heteroatoms. The van der Waals surface area contributed by atoms with Crippen LogP contribution in [0.1, 0.15) is 27.2 Å². The number of aliphatic hydroxyl groups excluding tert-OH is 2. The highest BCUT2D eigenvalue weighted by Crippen LogP contribution is 2.34. The molecule has 0 saturated carbocycles. The van der Waals surface area contributed by atoms with Crippen LogP contribution in [0.15, 0.2) is 12.7 Å². The molecule has 2 aromatic rings. The van der Waals surface area contributed by atoms with E-state index in [0.29, 0.717) is 17.0 Å². The highest BCUT2D eigenvalue weighted by molar-refractivity contribution is 5.83. The zero-order chi connectivity index (χ0) is 16.6. The van der Waals surface area contributed by atoms with Gasteiger partial charge in [-0.3, -0.25) is 0 Å². The molecular formula is C16H25N5O2. The summed E-state index contributed by atoms with van der Waals surface area (Å²) in [4.78, 5) is 15.3. The average molecular weight is 319 g/mol. The molecule has 3 heterocycles. The molecule has 1 fully saturated rings. The number of hydrogen-bond acceptors (Lipinski definition) is 6. The van der Waals surface area contributed by atoms with Gasteiger partial charge in [0.25, 0.3) is 0 Å². The summed E-state index contributed by atoms with van der Waals surface area (Å²) in [5.74, 6) is 1.55. The van der Waals surface area contributed by atoms with Crippen molar-refractivity contribution >= 4 is 17.0 Å². The first-order valence-electron chi connectivity index (χ1n) is 8.07. The molecule has 2 aromatic heterocycles. The predicted octanol–water partition coefficient (Wildman–Crippen LogP) is 1.05. The minimum absolute atomic E-state index is 0.274. The van der Waals surface area contributed by atoms with Crippen molar-refractivity contribution in [3.8, 4) is 0 Å². The van der Waals surface area contributed by atoms with Gasteiger partial charge in [0, 0.05) is 13.1 Å². The first kappa shape index (κ1) is 16.1. The van der Waals surface area contributed by atoms with Gasteiger partial charge in [0.05, 0.1) is 25.6 Å². The molecular weight excluding hydrogens is 294 g/mol. The number of imidazole rings is 1. The fourth-order valence-corrected chi connectivity index (χ4v) is 3.26. The third-order valence-electron chi connectivity index (χ3n) is 4.16. The molecule has 23 heavy (non-hydrogen) atoms. The van der Waals surface area contributed by atoms with Crippen LogP contribution >= 0.6 is 0 Å². The van der Waals surface area contributed by atoms with Crippen LogP contribution in [0, 0.1) is 11.3 Å². The summed E-state index contributed by atoms with van der Waals surface area (Å²) in [6.45, 7) is 8.80. The first-order chi connectivity index (χ1) is 10.9. The van der Waals surface area contributed by atoms with E-state index in [1.807, 2.05) is 0 Å². The van der Waals surface area contributed by atoms with Gasteiger partial charge in [0.1, 0.15) is 6.33 Å². The van der Waals surface area contributed by atoms with Crippen molar-refractivity contribution < 1.29 is 10.2 Å². The summed E-state index contributed by atoms with van der Waals surface area (Å²) in [7, 11) is 0. The first-order valence-corrected chi connectivity index (χ1v) is 8.07. The van der Waals surface area contributed by atoms with Crippen LogP contribution in [-0.4, -0.2) is 55.5 Å². The van der Waals surface area contributed by atoms with E-state index in [9.17, 15) is 5.11 Å². The van der Waals surface area contributed by atoms with E-state index in [1.54, 1.807) is 10.9 Å². The van der Waals surface area contributed by atoms with Gasteiger partial charge in [-0.1, -0.05) is 20.8 Å². The molecule has 1 aliphatic rings. The Balaban J connectivity index is 1.76. The Kier molecular flexibility index (Phi) is 4.25. The van der Waals surface area contributed by atoms with Gasteiger partial charge in [-0.2, -0.15) is 0 Å². The molecule has 0 aromatic carbocycles. The lowest BCUT2D eigenvalue weighted by Crippen LogP contribution is -2.48. The van der Waals surface area contributed by atoms with Crippen LogP contribution in [0.25, 0.3) is 11.2 Å². The molecule has 0 bridgehead atoms. The van der Waals surface area contributed by atoms with E-state index in [0.717, 1.165) is 24.4 Å². The predicted molar refractivity (Wildman–Crippen MR) is 88.2 cm³/mol. The van der Waals surface area contributed by atoms with E-state index in [1.165, 1.54) is 12.7 Å². The smallest absolute Gasteiger partial charge is 0.165 e. The highest BCUT2D eigenvalue weighted by Gasteiger charge is 2.32. The van der Waals surface area contributed by atoms with Crippen molar-refractivity contribution in [1.29, 1.82) is 0 Å². The third-order valence-corrected chi connectivity index (χ3v) is 4.16. The molecule has 1 aliphatic heterocycles. The Morgan fingerprint density at radius 1 is 1.26 bits per heavy atom. The van der Waals surface area contributed by atoms with Crippen LogP contribution in [0.4, 0.5) is 5.82 Å². The second-order valence-electron chi connectivity index (χ2n) is 7.64. The summed E-state index contributed by atoms with van der Waals surface area (Å²) >= 11 is 0. The van der Waals surface area contributed by atoms with E-state index in [4.69, 9.17) is 5.11 Å². The van der Waals surface area contributed by atoms with E-state index < -0.39 is 6.10 Å². The zero-order valence-electron chi connectivity index (χ0n) is 14.0. The van der Waals surface area contributed by atoms with Crippen LogP contribution in [-0.2, 0) is 6.54 Å². The van der Waals surface area contributed by atoms with Gasteiger partial charge >= 0.3 is 0 Å². The van der Waals surface area contributed by atoms with Gasteiger partial charge in [0.15, 0.2) is 17.0 Å². The van der Waals surface area contributed by atoms with Crippen molar-refractivity contribution in [2.45, 2.75) is 39.8 Å². The molecule has 3 rings (SSSR count). The molecule has 0 amide bonds. The molecule has 0 radical (unpaired) electrons. The number of nitrogens with zero attached hydrogens (tertiary/aromatic N) is 5. The Bertz CT molecular complexity index is 673.